The number of carbonyl (C=O) groups excluding carboxylic acids is 1. The summed E-state index contributed by atoms with van der Waals surface area (Å²) in [6, 6.07) is 10.1. The van der Waals surface area contributed by atoms with Crippen molar-refractivity contribution in [2.75, 3.05) is 18.2 Å². The van der Waals surface area contributed by atoms with E-state index in [-0.39, 0.29) is 17.4 Å². The minimum absolute atomic E-state index is 0.0173. The molecule has 1 atom stereocenters. The quantitative estimate of drug-likeness (QED) is 0.204. The van der Waals surface area contributed by atoms with Crippen molar-refractivity contribution in [2.24, 2.45) is 0 Å². The Kier molecular flexibility index (Phi) is 5.58. The lowest BCUT2D eigenvalue weighted by Gasteiger charge is -2.17. The number of carbonyl (C=O) groups is 1. The number of rotatable bonds is 6. The smallest absolute Gasteiger partial charge is 0.242 e. The normalized spacial score (nSPS) is 11.9. The topological polar surface area (TPSA) is 139 Å². The summed E-state index contributed by atoms with van der Waals surface area (Å²) >= 11 is 1.12. The van der Waals surface area contributed by atoms with E-state index in [2.05, 4.69) is 25.3 Å². The lowest BCUT2D eigenvalue weighted by Crippen LogP contribution is -2.19. The molecular formula is C20H17FN6O3S. The van der Waals surface area contributed by atoms with Gasteiger partial charge in [0.1, 0.15) is 21.6 Å². The molecule has 2 aromatic carbocycles. The number of nitrogens with one attached hydrogen (secondary N) is 2. The van der Waals surface area contributed by atoms with Crippen LogP contribution in [0.1, 0.15) is 10.8 Å². The summed E-state index contributed by atoms with van der Waals surface area (Å²) in [5.74, 6) is -0.633. The number of phenolic OH excluding ortho intramolecular Hbond substituents is 1. The Morgan fingerprint density at radius 1 is 1.26 bits per heavy atom. The number of nitrogens with zero attached hydrogens (tertiary/aromatic N) is 3. The first-order valence-corrected chi connectivity index (χ1v) is 9.89. The second-order valence-corrected chi connectivity index (χ2v) is 7.51. The summed E-state index contributed by atoms with van der Waals surface area (Å²) in [6.07, 6.45) is 1.46. The maximum Gasteiger partial charge on any atom is 0.242 e. The maximum absolute atomic E-state index is 13.5. The number of halogens is 1. The van der Waals surface area contributed by atoms with Crippen molar-refractivity contribution >= 4 is 40.5 Å². The first-order chi connectivity index (χ1) is 14.9. The number of anilines is 2. The predicted octanol–water partition coefficient (Wildman–Crippen LogP) is 3.26. The van der Waals surface area contributed by atoms with E-state index in [1.165, 1.54) is 55.9 Å². The van der Waals surface area contributed by atoms with Crippen molar-refractivity contribution in [3.05, 3.63) is 60.2 Å². The lowest BCUT2D eigenvalue weighted by molar-refractivity contribution is -0.115. The summed E-state index contributed by atoms with van der Waals surface area (Å²) in [5.41, 5.74) is 7.66. The molecule has 0 fully saturated rings. The number of benzene rings is 2. The van der Waals surface area contributed by atoms with Crippen LogP contribution in [0.25, 0.3) is 11.2 Å². The predicted molar refractivity (Wildman–Crippen MR) is 114 cm³/mol. The monoisotopic (exact) mass is 440 g/mol. The van der Waals surface area contributed by atoms with Crippen LogP contribution in [0.4, 0.5) is 16.0 Å². The van der Waals surface area contributed by atoms with Crippen LogP contribution in [0.15, 0.2) is 53.8 Å². The number of methoxy groups -OCH3 is 1. The molecule has 31 heavy (non-hydrogen) atoms. The van der Waals surface area contributed by atoms with Gasteiger partial charge in [-0.2, -0.15) is 4.98 Å². The highest BCUT2D eigenvalue weighted by atomic mass is 32.2. The molecule has 0 aliphatic heterocycles. The Balaban J connectivity index is 1.69. The number of aromatic amines is 1. The van der Waals surface area contributed by atoms with Crippen molar-refractivity contribution in [3.8, 4) is 11.5 Å². The highest BCUT2D eigenvalue weighted by Gasteiger charge is 2.25. The molecule has 2 aromatic heterocycles. The average Bonchev–Trinajstić information content (AvgIpc) is 3.22. The fraction of sp³-hybridized carbons (Fsp3) is 0.100. The van der Waals surface area contributed by atoms with E-state index in [1.54, 1.807) is 0 Å². The molecule has 0 radical (unpaired) electrons. The number of thioether (sulfide) groups is 1. The van der Waals surface area contributed by atoms with Gasteiger partial charge in [-0.25, -0.2) is 14.4 Å². The van der Waals surface area contributed by atoms with Crippen molar-refractivity contribution in [1.29, 1.82) is 0 Å². The molecule has 4 aromatic rings. The van der Waals surface area contributed by atoms with Crippen LogP contribution < -0.4 is 15.8 Å². The summed E-state index contributed by atoms with van der Waals surface area (Å²) in [5, 5.41) is 12.2. The number of fused-ring (bicyclic) bond motifs is 1. The lowest BCUT2D eigenvalue weighted by atomic mass is 10.1. The Morgan fingerprint density at radius 2 is 2.03 bits per heavy atom. The first kappa shape index (κ1) is 20.4. The minimum atomic E-state index is -0.804. The summed E-state index contributed by atoms with van der Waals surface area (Å²) in [7, 11) is 1.41. The minimum Gasteiger partial charge on any atom is -0.504 e. The third-order valence-corrected chi connectivity index (χ3v) is 5.60. The number of imidazole rings is 1. The molecule has 0 aliphatic rings. The number of aromatic nitrogens is 4. The van der Waals surface area contributed by atoms with E-state index < -0.39 is 17.0 Å². The zero-order valence-electron chi connectivity index (χ0n) is 16.2. The number of nitrogens with two attached hydrogens (primary N) is 1. The number of nitrogen functional groups attached to an aromatic ring is 1. The second kappa shape index (κ2) is 8.48. The van der Waals surface area contributed by atoms with Crippen LogP contribution >= 0.6 is 11.8 Å². The molecule has 0 spiro atoms. The Bertz CT molecular complexity index is 1250. The number of amides is 1. The van der Waals surface area contributed by atoms with Gasteiger partial charge in [0.25, 0.3) is 0 Å². The van der Waals surface area contributed by atoms with Gasteiger partial charge in [-0.3, -0.25) is 4.79 Å². The van der Waals surface area contributed by atoms with Crippen LogP contribution in [-0.2, 0) is 4.79 Å². The van der Waals surface area contributed by atoms with Crippen LogP contribution in [0.5, 0.6) is 11.5 Å². The summed E-state index contributed by atoms with van der Waals surface area (Å²) in [6.45, 7) is 0. The van der Waals surface area contributed by atoms with E-state index in [9.17, 15) is 14.3 Å². The molecule has 5 N–H and O–H groups in total. The Hall–Kier alpha value is -3.86. The third-order valence-electron chi connectivity index (χ3n) is 4.36. The van der Waals surface area contributed by atoms with Gasteiger partial charge in [-0.15, -0.1) is 0 Å². The van der Waals surface area contributed by atoms with Gasteiger partial charge in [-0.1, -0.05) is 23.9 Å². The third kappa shape index (κ3) is 4.36. The highest BCUT2D eigenvalue weighted by Crippen LogP contribution is 2.38. The van der Waals surface area contributed by atoms with Gasteiger partial charge in [0.05, 0.1) is 13.4 Å². The number of aromatic hydroxyl groups is 1. The first-order valence-electron chi connectivity index (χ1n) is 9.01. The largest absolute Gasteiger partial charge is 0.504 e. The number of ether oxygens (including phenoxy) is 1. The van der Waals surface area contributed by atoms with Crippen LogP contribution in [-0.4, -0.2) is 38.1 Å². The number of phenols is 1. The van der Waals surface area contributed by atoms with Crippen molar-refractivity contribution < 1.29 is 19.0 Å². The van der Waals surface area contributed by atoms with Gasteiger partial charge in [0.2, 0.25) is 11.9 Å². The Labute approximate surface area is 179 Å². The molecule has 2 heterocycles. The molecule has 0 saturated carbocycles. The maximum atomic E-state index is 13.5. The fourth-order valence-electron chi connectivity index (χ4n) is 2.89. The van der Waals surface area contributed by atoms with Crippen molar-refractivity contribution in [3.63, 3.8) is 0 Å². The fourth-order valence-corrected chi connectivity index (χ4v) is 3.99. The van der Waals surface area contributed by atoms with E-state index in [0.29, 0.717) is 27.4 Å². The average molecular weight is 440 g/mol. The number of H-pyrrole nitrogens is 1. The van der Waals surface area contributed by atoms with E-state index in [1.807, 2.05) is 0 Å². The zero-order valence-corrected chi connectivity index (χ0v) is 17.0. The molecule has 9 nitrogen and oxygen atoms in total. The number of hydrogen-bond acceptors (Lipinski definition) is 8. The van der Waals surface area contributed by atoms with Gasteiger partial charge in [-0.05, 0) is 29.8 Å². The molecule has 0 bridgehead atoms. The molecule has 0 unspecified atom stereocenters. The van der Waals surface area contributed by atoms with Gasteiger partial charge >= 0.3 is 0 Å². The molecule has 11 heteroatoms. The molecule has 158 valence electrons. The molecular weight excluding hydrogens is 423 g/mol. The standard InChI is InChI=1S/C20H17FN6O3S/c1-30-14-8-12(6-7-13(14)28)25-18(29)16(10-2-4-11(21)5-3-10)31-19-15-17(24-9-23-15)26-20(22)27-19/h2-9,16,28H,1H3,(H,25,29)(H3,22,23,24,26,27)/t16-/m1/s1. The summed E-state index contributed by atoms with van der Waals surface area (Å²) < 4.78 is 18.6. The van der Waals surface area contributed by atoms with E-state index >= 15 is 0 Å². The molecule has 4 rings (SSSR count). The van der Waals surface area contributed by atoms with Crippen LogP contribution in [0, 0.1) is 5.82 Å². The SMILES string of the molecule is COc1cc(NC(=O)[C@H](Sc2nc(N)nc3nc[nH]c23)c2ccc(F)cc2)ccc1O. The second-order valence-electron chi connectivity index (χ2n) is 6.41. The Morgan fingerprint density at radius 3 is 2.77 bits per heavy atom. The van der Waals surface area contributed by atoms with Crippen LogP contribution in [0.2, 0.25) is 0 Å². The van der Waals surface area contributed by atoms with Gasteiger partial charge in [0.15, 0.2) is 17.1 Å². The van der Waals surface area contributed by atoms with Gasteiger partial charge in [0, 0.05) is 11.8 Å². The van der Waals surface area contributed by atoms with Crippen molar-refractivity contribution in [2.45, 2.75) is 10.3 Å². The number of hydrogen-bond donors (Lipinski definition) is 4. The molecule has 1 amide bonds. The van der Waals surface area contributed by atoms with E-state index in [4.69, 9.17) is 10.5 Å². The highest BCUT2D eigenvalue weighted by molar-refractivity contribution is 8.00. The zero-order chi connectivity index (χ0) is 22.0. The van der Waals surface area contributed by atoms with E-state index in [0.717, 1.165) is 11.8 Å². The summed E-state index contributed by atoms with van der Waals surface area (Å²) in [4.78, 5) is 28.5. The molecule has 0 aliphatic carbocycles. The van der Waals surface area contributed by atoms with Crippen LogP contribution in [0.3, 0.4) is 0 Å². The molecule has 0 saturated heterocycles. The van der Waals surface area contributed by atoms with Gasteiger partial charge < -0.3 is 25.9 Å². The van der Waals surface area contributed by atoms with Crippen molar-refractivity contribution in [1.82, 2.24) is 19.9 Å².